The second-order valence-corrected chi connectivity index (χ2v) is 9.75. The van der Waals surface area contributed by atoms with Gasteiger partial charge in [-0.25, -0.2) is 9.97 Å². The van der Waals surface area contributed by atoms with Crippen molar-refractivity contribution < 1.29 is 9.53 Å². The third-order valence-electron chi connectivity index (χ3n) is 6.52. The maximum Gasteiger partial charge on any atom is 0.225 e. The highest BCUT2D eigenvalue weighted by atomic mass is 32.1. The van der Waals surface area contributed by atoms with Crippen LogP contribution < -0.4 is 5.32 Å². The van der Waals surface area contributed by atoms with Gasteiger partial charge in [0, 0.05) is 43.0 Å². The van der Waals surface area contributed by atoms with Crippen molar-refractivity contribution in [3.05, 3.63) is 41.5 Å². The van der Waals surface area contributed by atoms with Gasteiger partial charge in [0.05, 0.1) is 31.2 Å². The number of amides is 1. The lowest BCUT2D eigenvalue weighted by Crippen LogP contribution is -2.36. The minimum absolute atomic E-state index is 0.0842. The van der Waals surface area contributed by atoms with Crippen LogP contribution in [-0.4, -0.2) is 70.6 Å². The van der Waals surface area contributed by atoms with Gasteiger partial charge >= 0.3 is 0 Å². The Balaban J connectivity index is 1.35. The van der Waals surface area contributed by atoms with Crippen molar-refractivity contribution in [2.24, 2.45) is 0 Å². The van der Waals surface area contributed by atoms with Gasteiger partial charge in [-0.3, -0.25) is 9.69 Å². The van der Waals surface area contributed by atoms with Gasteiger partial charge in [0.2, 0.25) is 5.91 Å². The van der Waals surface area contributed by atoms with Crippen LogP contribution in [-0.2, 0) is 16.1 Å². The molecule has 7 nitrogen and oxygen atoms in total. The predicted octanol–water partition coefficient (Wildman–Crippen LogP) is 3.37. The monoisotopic (exact) mass is 449 g/mol. The van der Waals surface area contributed by atoms with Crippen LogP contribution in [0.3, 0.4) is 0 Å². The third kappa shape index (κ3) is 3.98. The fraction of sp³-hybridized carbons (Fsp3) is 0.458. The second kappa shape index (κ2) is 8.42. The van der Waals surface area contributed by atoms with E-state index < -0.39 is 0 Å². The molecule has 6 rings (SSSR count). The normalized spacial score (nSPS) is 22.1. The van der Waals surface area contributed by atoms with Crippen molar-refractivity contribution >= 4 is 33.3 Å². The molecular formula is C24H27N5O2S. The number of morpholine rings is 1. The van der Waals surface area contributed by atoms with Crippen LogP contribution in [0.1, 0.15) is 25.1 Å². The number of anilines is 1. The third-order valence-corrected chi connectivity index (χ3v) is 7.39. The minimum atomic E-state index is 0.0842. The number of rotatable bonds is 6. The Hall–Kier alpha value is -2.55. The first-order chi connectivity index (χ1) is 15.7. The molecular weight excluding hydrogens is 422 g/mol. The Labute approximate surface area is 191 Å². The highest BCUT2D eigenvalue weighted by Gasteiger charge is 2.39. The maximum atomic E-state index is 12.5. The molecule has 1 atom stereocenters. The summed E-state index contributed by atoms with van der Waals surface area (Å²) in [7, 11) is 0. The van der Waals surface area contributed by atoms with Crippen LogP contribution >= 0.6 is 11.3 Å². The first-order valence-corrected chi connectivity index (χ1v) is 12.3. The molecule has 1 aliphatic carbocycles. The Kier molecular flexibility index (Phi) is 5.29. The first-order valence-electron chi connectivity index (χ1n) is 11.4. The van der Waals surface area contributed by atoms with Crippen molar-refractivity contribution in [2.75, 3.05) is 38.2 Å². The number of aromatic nitrogens is 2. The van der Waals surface area contributed by atoms with E-state index in [9.17, 15) is 4.79 Å². The minimum Gasteiger partial charge on any atom is -0.379 e. The van der Waals surface area contributed by atoms with E-state index in [1.807, 2.05) is 6.07 Å². The van der Waals surface area contributed by atoms with E-state index in [1.165, 1.54) is 0 Å². The molecule has 1 aromatic carbocycles. The fourth-order valence-electron chi connectivity index (χ4n) is 4.71. The summed E-state index contributed by atoms with van der Waals surface area (Å²) in [6.07, 6.45) is 2.82. The molecule has 2 aromatic heterocycles. The van der Waals surface area contributed by atoms with Gasteiger partial charge < -0.3 is 15.0 Å². The molecule has 0 spiro atoms. The Morgan fingerprint density at radius 1 is 1.12 bits per heavy atom. The summed E-state index contributed by atoms with van der Waals surface area (Å²) in [5.74, 6) is 1.94. The van der Waals surface area contributed by atoms with Gasteiger partial charge in [-0.15, -0.1) is 11.3 Å². The molecule has 32 heavy (non-hydrogen) atoms. The van der Waals surface area contributed by atoms with Gasteiger partial charge in [0.15, 0.2) is 0 Å². The summed E-state index contributed by atoms with van der Waals surface area (Å²) in [4.78, 5) is 27.8. The molecule has 166 valence electrons. The van der Waals surface area contributed by atoms with Crippen LogP contribution in [0, 0.1) is 0 Å². The van der Waals surface area contributed by atoms with Crippen LogP contribution in [0.15, 0.2) is 35.7 Å². The number of fused-ring (bicyclic) bond motifs is 1. The first kappa shape index (κ1) is 20.1. The second-order valence-electron chi connectivity index (χ2n) is 8.90. The number of hydrogen-bond donors (Lipinski definition) is 1. The lowest BCUT2D eigenvalue weighted by molar-refractivity contribution is -0.128. The van der Waals surface area contributed by atoms with Gasteiger partial charge in [0.25, 0.3) is 0 Å². The number of ether oxygens (including phenoxy) is 1. The molecule has 1 amide bonds. The van der Waals surface area contributed by atoms with Crippen molar-refractivity contribution in [3.8, 4) is 11.1 Å². The average molecular weight is 450 g/mol. The fourth-order valence-corrected chi connectivity index (χ4v) is 5.68. The number of hydrogen-bond acceptors (Lipinski definition) is 7. The molecule has 1 N–H and O–H groups in total. The quantitative estimate of drug-likeness (QED) is 0.622. The van der Waals surface area contributed by atoms with Crippen LogP contribution in [0.4, 0.5) is 5.82 Å². The standard InChI is InChI=1S/C24H27N5O2S/c30-21-12-17(13-29(21)18-6-7-18)25-23-22-19(16-4-2-1-3-5-16)15-32-24(22)27-20(26-23)14-28-8-10-31-11-9-28/h1-5,15,17-18H,6-14H2,(H,25,26,27). The van der Waals surface area contributed by atoms with Crippen LogP contribution in [0.2, 0.25) is 0 Å². The van der Waals surface area contributed by atoms with E-state index in [-0.39, 0.29) is 11.9 Å². The molecule has 1 saturated carbocycles. The molecule has 3 aromatic rings. The summed E-state index contributed by atoms with van der Waals surface area (Å²) in [6.45, 7) is 4.79. The zero-order chi connectivity index (χ0) is 21.5. The molecule has 2 saturated heterocycles. The van der Waals surface area contributed by atoms with E-state index in [4.69, 9.17) is 14.7 Å². The van der Waals surface area contributed by atoms with Crippen molar-refractivity contribution in [3.63, 3.8) is 0 Å². The molecule has 4 heterocycles. The van der Waals surface area contributed by atoms with Crippen molar-refractivity contribution in [1.29, 1.82) is 0 Å². The summed E-state index contributed by atoms with van der Waals surface area (Å²) in [6, 6.07) is 10.9. The predicted molar refractivity (Wildman–Crippen MR) is 126 cm³/mol. The Bertz CT molecular complexity index is 1120. The summed E-state index contributed by atoms with van der Waals surface area (Å²) >= 11 is 1.66. The van der Waals surface area contributed by atoms with Crippen LogP contribution in [0.5, 0.6) is 0 Å². The van der Waals surface area contributed by atoms with E-state index in [2.05, 4.69) is 44.8 Å². The van der Waals surface area contributed by atoms with Gasteiger partial charge in [-0.1, -0.05) is 30.3 Å². The van der Waals surface area contributed by atoms with E-state index in [0.717, 1.165) is 78.7 Å². The SMILES string of the molecule is O=C1CC(Nc2nc(CN3CCOCC3)nc3scc(-c4ccccc4)c23)CN1C1CC1. The van der Waals surface area contributed by atoms with E-state index in [1.54, 1.807) is 11.3 Å². The van der Waals surface area contributed by atoms with E-state index >= 15 is 0 Å². The Morgan fingerprint density at radius 2 is 1.94 bits per heavy atom. The molecule has 2 aliphatic heterocycles. The van der Waals surface area contributed by atoms with Gasteiger partial charge in [-0.2, -0.15) is 0 Å². The summed E-state index contributed by atoms with van der Waals surface area (Å²) in [5.41, 5.74) is 2.31. The number of thiophene rings is 1. The topological polar surface area (TPSA) is 70.6 Å². The van der Waals surface area contributed by atoms with Gasteiger partial charge in [-0.05, 0) is 18.4 Å². The summed E-state index contributed by atoms with van der Waals surface area (Å²) in [5, 5.41) is 6.89. The molecule has 0 bridgehead atoms. The molecule has 1 unspecified atom stereocenters. The molecule has 0 radical (unpaired) electrons. The summed E-state index contributed by atoms with van der Waals surface area (Å²) < 4.78 is 5.49. The molecule has 8 heteroatoms. The zero-order valence-corrected chi connectivity index (χ0v) is 18.8. The highest BCUT2D eigenvalue weighted by Crippen LogP contribution is 2.38. The van der Waals surface area contributed by atoms with Crippen LogP contribution in [0.25, 0.3) is 21.3 Å². The number of nitrogens with zero attached hydrogens (tertiary/aromatic N) is 4. The Morgan fingerprint density at radius 3 is 2.72 bits per heavy atom. The number of carbonyl (C=O) groups is 1. The zero-order valence-electron chi connectivity index (χ0n) is 18.0. The largest absolute Gasteiger partial charge is 0.379 e. The maximum absolute atomic E-state index is 12.5. The lowest BCUT2D eigenvalue weighted by Gasteiger charge is -2.26. The average Bonchev–Trinajstić information content (AvgIpc) is 3.46. The lowest BCUT2D eigenvalue weighted by atomic mass is 10.1. The van der Waals surface area contributed by atoms with Crippen molar-refractivity contribution in [2.45, 2.75) is 37.9 Å². The number of nitrogens with one attached hydrogen (secondary N) is 1. The number of likely N-dealkylation sites (tertiary alicyclic amines) is 1. The smallest absolute Gasteiger partial charge is 0.225 e. The molecule has 3 fully saturated rings. The molecule has 3 aliphatic rings. The van der Waals surface area contributed by atoms with Crippen molar-refractivity contribution in [1.82, 2.24) is 19.8 Å². The van der Waals surface area contributed by atoms with E-state index in [0.29, 0.717) is 19.0 Å². The number of carbonyl (C=O) groups excluding carboxylic acids is 1. The highest BCUT2D eigenvalue weighted by molar-refractivity contribution is 7.17. The number of benzene rings is 1. The van der Waals surface area contributed by atoms with Gasteiger partial charge in [0.1, 0.15) is 16.5 Å².